The lowest BCUT2D eigenvalue weighted by molar-refractivity contribution is -0.122. The molecule has 5 heteroatoms. The first-order valence-electron chi connectivity index (χ1n) is 6.55. The molecule has 1 aliphatic heterocycles. The maximum atomic E-state index is 12.1. The molecule has 0 saturated carbocycles. The number of rotatable bonds is 5. The summed E-state index contributed by atoms with van der Waals surface area (Å²) >= 11 is 1.00. The van der Waals surface area contributed by atoms with E-state index in [9.17, 15) is 9.59 Å². The van der Waals surface area contributed by atoms with Gasteiger partial charge in [0, 0.05) is 6.54 Å². The van der Waals surface area contributed by atoms with Crippen LogP contribution in [0.2, 0.25) is 0 Å². The highest BCUT2D eigenvalue weighted by Crippen LogP contribution is 2.32. The van der Waals surface area contributed by atoms with Crippen LogP contribution in [-0.2, 0) is 4.79 Å². The van der Waals surface area contributed by atoms with E-state index >= 15 is 0 Å². The second-order valence-electron chi connectivity index (χ2n) is 4.46. The molecule has 0 atom stereocenters. The van der Waals surface area contributed by atoms with Crippen molar-refractivity contribution in [3.8, 4) is 5.75 Å². The Labute approximate surface area is 122 Å². The van der Waals surface area contributed by atoms with Gasteiger partial charge in [0.1, 0.15) is 5.75 Å². The number of hydrogen-bond donors (Lipinski definition) is 0. The second-order valence-corrected chi connectivity index (χ2v) is 5.45. The lowest BCUT2D eigenvalue weighted by atomic mass is 10.2. The third kappa shape index (κ3) is 3.22. The molecular formula is C15H17NO3S. The Bertz CT molecular complexity index is 537. The molecule has 1 saturated heterocycles. The molecule has 1 fully saturated rings. The van der Waals surface area contributed by atoms with Crippen molar-refractivity contribution in [2.24, 2.45) is 0 Å². The predicted molar refractivity (Wildman–Crippen MR) is 80.6 cm³/mol. The van der Waals surface area contributed by atoms with Gasteiger partial charge in [-0.3, -0.25) is 14.5 Å². The minimum atomic E-state index is -0.190. The van der Waals surface area contributed by atoms with E-state index in [1.165, 1.54) is 4.90 Å². The van der Waals surface area contributed by atoms with Gasteiger partial charge in [-0.05, 0) is 42.0 Å². The number of unbranched alkanes of at least 4 members (excludes halogenated alkanes) is 1. The zero-order valence-electron chi connectivity index (χ0n) is 11.6. The first kappa shape index (κ1) is 14.7. The summed E-state index contributed by atoms with van der Waals surface area (Å²) in [6.07, 6.45) is 3.55. The molecule has 0 radical (unpaired) electrons. The van der Waals surface area contributed by atoms with Gasteiger partial charge >= 0.3 is 0 Å². The largest absolute Gasteiger partial charge is 0.497 e. The fourth-order valence-electron chi connectivity index (χ4n) is 1.86. The minimum Gasteiger partial charge on any atom is -0.497 e. The SMILES string of the molecule is CCCCN1C(=O)S/C(=C\c2ccc(OC)cc2)C1=O. The zero-order chi connectivity index (χ0) is 14.5. The topological polar surface area (TPSA) is 46.6 Å². The molecule has 1 aliphatic rings. The van der Waals surface area contributed by atoms with Crippen LogP contribution in [0.4, 0.5) is 4.79 Å². The van der Waals surface area contributed by atoms with Gasteiger partial charge in [-0.2, -0.15) is 0 Å². The Morgan fingerprint density at radius 2 is 1.95 bits per heavy atom. The molecule has 1 heterocycles. The van der Waals surface area contributed by atoms with Gasteiger partial charge in [-0.25, -0.2) is 0 Å². The van der Waals surface area contributed by atoms with Gasteiger partial charge in [0.2, 0.25) is 0 Å². The summed E-state index contributed by atoms with van der Waals surface area (Å²) in [4.78, 5) is 25.7. The minimum absolute atomic E-state index is 0.178. The smallest absolute Gasteiger partial charge is 0.293 e. The Hall–Kier alpha value is -1.75. The number of amides is 2. The summed E-state index contributed by atoms with van der Waals surface area (Å²) in [5, 5.41) is -0.178. The molecule has 1 aromatic rings. The highest BCUT2D eigenvalue weighted by Gasteiger charge is 2.34. The summed E-state index contributed by atoms with van der Waals surface area (Å²) in [6, 6.07) is 7.37. The molecule has 0 unspecified atom stereocenters. The number of hydrogen-bond acceptors (Lipinski definition) is 4. The molecule has 20 heavy (non-hydrogen) atoms. The summed E-state index contributed by atoms with van der Waals surface area (Å²) in [5.74, 6) is 0.572. The van der Waals surface area contributed by atoms with Gasteiger partial charge in [-0.15, -0.1) is 0 Å². The molecule has 106 valence electrons. The molecule has 0 N–H and O–H groups in total. The van der Waals surface area contributed by atoms with E-state index in [0.717, 1.165) is 35.9 Å². The van der Waals surface area contributed by atoms with Crippen molar-refractivity contribution in [1.29, 1.82) is 0 Å². The average Bonchev–Trinajstić information content (AvgIpc) is 2.72. The van der Waals surface area contributed by atoms with Crippen LogP contribution in [0.1, 0.15) is 25.3 Å². The van der Waals surface area contributed by atoms with Crippen molar-refractivity contribution in [2.45, 2.75) is 19.8 Å². The number of carbonyl (C=O) groups is 2. The molecular weight excluding hydrogens is 274 g/mol. The lowest BCUT2D eigenvalue weighted by Crippen LogP contribution is -2.29. The van der Waals surface area contributed by atoms with E-state index in [-0.39, 0.29) is 11.1 Å². The van der Waals surface area contributed by atoms with Gasteiger partial charge in [-0.1, -0.05) is 25.5 Å². The summed E-state index contributed by atoms with van der Waals surface area (Å²) in [7, 11) is 1.61. The Morgan fingerprint density at radius 3 is 2.55 bits per heavy atom. The Morgan fingerprint density at radius 1 is 1.25 bits per heavy atom. The van der Waals surface area contributed by atoms with Crippen LogP contribution < -0.4 is 4.74 Å². The molecule has 2 rings (SSSR count). The molecule has 0 bridgehead atoms. The fraction of sp³-hybridized carbons (Fsp3) is 0.333. The van der Waals surface area contributed by atoms with Crippen molar-refractivity contribution >= 4 is 29.0 Å². The van der Waals surface area contributed by atoms with Crippen molar-refractivity contribution in [3.05, 3.63) is 34.7 Å². The second kappa shape index (κ2) is 6.61. The van der Waals surface area contributed by atoms with Crippen LogP contribution in [0.15, 0.2) is 29.2 Å². The first-order chi connectivity index (χ1) is 9.65. The standard InChI is InChI=1S/C15H17NO3S/c1-3-4-9-16-14(17)13(20-15(16)18)10-11-5-7-12(19-2)8-6-11/h5-8,10H,3-4,9H2,1-2H3/b13-10-. The lowest BCUT2D eigenvalue weighted by Gasteiger charge is -2.10. The molecule has 1 aromatic carbocycles. The number of ether oxygens (including phenoxy) is 1. The van der Waals surface area contributed by atoms with E-state index in [0.29, 0.717) is 11.4 Å². The van der Waals surface area contributed by atoms with Gasteiger partial charge < -0.3 is 4.74 Å². The molecule has 0 aliphatic carbocycles. The van der Waals surface area contributed by atoms with Gasteiger partial charge in [0.05, 0.1) is 12.0 Å². The van der Waals surface area contributed by atoms with E-state index in [1.807, 2.05) is 31.2 Å². The number of carbonyl (C=O) groups excluding carboxylic acids is 2. The molecule has 4 nitrogen and oxygen atoms in total. The highest BCUT2D eigenvalue weighted by molar-refractivity contribution is 8.18. The van der Waals surface area contributed by atoms with E-state index in [2.05, 4.69) is 0 Å². The maximum Gasteiger partial charge on any atom is 0.293 e. The Kier molecular flexibility index (Phi) is 4.84. The zero-order valence-corrected chi connectivity index (χ0v) is 12.4. The summed E-state index contributed by atoms with van der Waals surface area (Å²) in [6.45, 7) is 2.54. The van der Waals surface area contributed by atoms with Crippen molar-refractivity contribution in [2.75, 3.05) is 13.7 Å². The number of benzene rings is 1. The van der Waals surface area contributed by atoms with Crippen LogP contribution in [0.25, 0.3) is 6.08 Å². The first-order valence-corrected chi connectivity index (χ1v) is 7.36. The number of imide groups is 1. The third-order valence-electron chi connectivity index (χ3n) is 3.02. The number of thioether (sulfide) groups is 1. The fourth-order valence-corrected chi connectivity index (χ4v) is 2.73. The maximum absolute atomic E-state index is 12.1. The van der Waals surface area contributed by atoms with Crippen LogP contribution >= 0.6 is 11.8 Å². The van der Waals surface area contributed by atoms with Crippen molar-refractivity contribution < 1.29 is 14.3 Å². The molecule has 0 spiro atoms. The number of nitrogens with zero attached hydrogens (tertiary/aromatic N) is 1. The summed E-state index contributed by atoms with van der Waals surface area (Å²) < 4.78 is 5.08. The van der Waals surface area contributed by atoms with Crippen LogP contribution in [0.5, 0.6) is 5.75 Å². The quantitative estimate of drug-likeness (QED) is 0.779. The monoisotopic (exact) mass is 291 g/mol. The third-order valence-corrected chi connectivity index (χ3v) is 3.93. The van der Waals surface area contributed by atoms with E-state index < -0.39 is 0 Å². The van der Waals surface area contributed by atoms with Crippen LogP contribution in [-0.4, -0.2) is 29.7 Å². The molecule has 2 amide bonds. The van der Waals surface area contributed by atoms with E-state index in [1.54, 1.807) is 13.2 Å². The molecule has 0 aromatic heterocycles. The summed E-state index contributed by atoms with van der Waals surface area (Å²) in [5.41, 5.74) is 0.881. The number of methoxy groups -OCH3 is 1. The van der Waals surface area contributed by atoms with Crippen LogP contribution in [0, 0.1) is 0 Å². The van der Waals surface area contributed by atoms with Gasteiger partial charge in [0.25, 0.3) is 11.1 Å². The predicted octanol–water partition coefficient (Wildman–Crippen LogP) is 3.53. The van der Waals surface area contributed by atoms with Crippen molar-refractivity contribution in [1.82, 2.24) is 4.90 Å². The van der Waals surface area contributed by atoms with Gasteiger partial charge in [0.15, 0.2) is 0 Å². The highest BCUT2D eigenvalue weighted by atomic mass is 32.2. The normalized spacial score (nSPS) is 17.1. The Balaban J connectivity index is 2.14. The van der Waals surface area contributed by atoms with Crippen LogP contribution in [0.3, 0.4) is 0 Å². The van der Waals surface area contributed by atoms with E-state index in [4.69, 9.17) is 4.74 Å². The average molecular weight is 291 g/mol. The van der Waals surface area contributed by atoms with Crippen molar-refractivity contribution in [3.63, 3.8) is 0 Å².